The molecule has 10 heteroatoms. The number of aryl methyl sites for hydroxylation is 2. The van der Waals surface area contributed by atoms with Crippen molar-refractivity contribution in [3.8, 4) is 0 Å². The smallest absolute Gasteiger partial charge is 0.338 e. The largest absolute Gasteiger partial charge is 0.452 e. The van der Waals surface area contributed by atoms with Crippen LogP contribution in [-0.4, -0.2) is 39.0 Å². The second-order valence-electron chi connectivity index (χ2n) is 7.20. The maximum absolute atomic E-state index is 12.6. The third kappa shape index (κ3) is 7.10. The Morgan fingerprint density at radius 1 is 1.00 bits per heavy atom. The van der Waals surface area contributed by atoms with Gasteiger partial charge >= 0.3 is 12.0 Å². The topological polar surface area (TPSA) is 131 Å². The van der Waals surface area contributed by atoms with Crippen molar-refractivity contribution in [2.24, 2.45) is 0 Å². The SMILES string of the molecule is Cc1ccc(C)c(S(=O)(=O)Nc2ccc(C(=O)OCC(=O)NC(=O)NC(C)C)cc2)c1. The van der Waals surface area contributed by atoms with Crippen molar-refractivity contribution in [1.82, 2.24) is 10.6 Å². The van der Waals surface area contributed by atoms with Crippen LogP contribution in [0.1, 0.15) is 35.3 Å². The first-order valence-electron chi connectivity index (χ1n) is 9.45. The van der Waals surface area contributed by atoms with Crippen LogP contribution in [0.4, 0.5) is 10.5 Å². The average Bonchev–Trinajstić information content (AvgIpc) is 2.67. The molecule has 9 nitrogen and oxygen atoms in total. The minimum Gasteiger partial charge on any atom is -0.452 e. The van der Waals surface area contributed by atoms with E-state index in [4.69, 9.17) is 4.74 Å². The fourth-order valence-corrected chi connectivity index (χ4v) is 3.95. The second-order valence-corrected chi connectivity index (χ2v) is 8.86. The average molecular weight is 448 g/mol. The van der Waals surface area contributed by atoms with Crippen LogP contribution >= 0.6 is 0 Å². The van der Waals surface area contributed by atoms with Gasteiger partial charge in [0, 0.05) is 11.7 Å². The zero-order valence-corrected chi connectivity index (χ0v) is 18.5. The quantitative estimate of drug-likeness (QED) is 0.559. The summed E-state index contributed by atoms with van der Waals surface area (Å²) in [6, 6.07) is 9.86. The highest BCUT2D eigenvalue weighted by Crippen LogP contribution is 2.21. The Hall–Kier alpha value is -3.40. The van der Waals surface area contributed by atoms with Gasteiger partial charge in [-0.1, -0.05) is 12.1 Å². The number of ether oxygens (including phenoxy) is 1. The van der Waals surface area contributed by atoms with Gasteiger partial charge in [-0.15, -0.1) is 0 Å². The highest BCUT2D eigenvalue weighted by Gasteiger charge is 2.18. The van der Waals surface area contributed by atoms with Crippen molar-refractivity contribution < 1.29 is 27.5 Å². The standard InChI is InChI=1S/C21H25N3O6S/c1-13(2)22-21(27)23-19(25)12-30-20(26)16-7-9-17(10-8-16)24-31(28,29)18-11-14(3)5-6-15(18)4/h5-11,13,24H,12H2,1-4H3,(H2,22,23,25,27). The molecule has 0 unspecified atom stereocenters. The molecule has 0 saturated heterocycles. The molecule has 0 fully saturated rings. The van der Waals surface area contributed by atoms with Crippen LogP contribution in [0.15, 0.2) is 47.4 Å². The van der Waals surface area contributed by atoms with Crippen LogP contribution in [0.3, 0.4) is 0 Å². The third-order valence-electron chi connectivity index (χ3n) is 4.01. The molecular formula is C21H25N3O6S. The minimum absolute atomic E-state index is 0.120. The summed E-state index contributed by atoms with van der Waals surface area (Å²) in [5, 5.41) is 4.50. The van der Waals surface area contributed by atoms with Crippen molar-refractivity contribution in [1.29, 1.82) is 0 Å². The van der Waals surface area contributed by atoms with Crippen LogP contribution in [0.25, 0.3) is 0 Å². The molecule has 0 aliphatic carbocycles. The number of esters is 1. The number of amides is 3. The van der Waals surface area contributed by atoms with E-state index in [1.54, 1.807) is 39.8 Å². The van der Waals surface area contributed by atoms with Gasteiger partial charge < -0.3 is 10.1 Å². The Bertz CT molecular complexity index is 1080. The van der Waals surface area contributed by atoms with Gasteiger partial charge in [-0.3, -0.25) is 14.8 Å². The molecule has 0 aliphatic heterocycles. The Morgan fingerprint density at radius 2 is 1.65 bits per heavy atom. The van der Waals surface area contributed by atoms with Crippen LogP contribution in [0, 0.1) is 13.8 Å². The molecule has 2 rings (SSSR count). The van der Waals surface area contributed by atoms with Crippen molar-refractivity contribution >= 4 is 33.6 Å². The van der Waals surface area contributed by atoms with Crippen LogP contribution in [0.2, 0.25) is 0 Å². The minimum atomic E-state index is -3.80. The van der Waals surface area contributed by atoms with Crippen molar-refractivity contribution in [2.45, 2.75) is 38.6 Å². The Labute approximate surface area is 181 Å². The lowest BCUT2D eigenvalue weighted by atomic mass is 10.2. The number of urea groups is 1. The van der Waals surface area contributed by atoms with Gasteiger partial charge in [0.25, 0.3) is 15.9 Å². The van der Waals surface area contributed by atoms with Gasteiger partial charge in [0.15, 0.2) is 6.61 Å². The molecule has 0 atom stereocenters. The van der Waals surface area contributed by atoms with Crippen molar-refractivity contribution in [3.05, 3.63) is 59.2 Å². The molecule has 3 amide bonds. The Balaban J connectivity index is 1.97. The van der Waals surface area contributed by atoms with E-state index in [2.05, 4.69) is 10.0 Å². The first-order valence-corrected chi connectivity index (χ1v) is 10.9. The molecule has 0 aliphatic rings. The summed E-state index contributed by atoms with van der Waals surface area (Å²) >= 11 is 0. The number of carbonyl (C=O) groups excluding carboxylic acids is 3. The summed E-state index contributed by atoms with van der Waals surface area (Å²) < 4.78 is 32.6. The molecular weight excluding hydrogens is 422 g/mol. The predicted molar refractivity (Wildman–Crippen MR) is 115 cm³/mol. The molecule has 0 heterocycles. The highest BCUT2D eigenvalue weighted by molar-refractivity contribution is 7.92. The molecule has 0 radical (unpaired) electrons. The number of carbonyl (C=O) groups is 3. The van der Waals surface area contributed by atoms with Crippen LogP contribution in [0.5, 0.6) is 0 Å². The van der Waals surface area contributed by atoms with E-state index in [0.717, 1.165) is 5.56 Å². The Kier molecular flexibility index (Phi) is 7.76. The van der Waals surface area contributed by atoms with Gasteiger partial charge in [0.2, 0.25) is 0 Å². The van der Waals surface area contributed by atoms with Gasteiger partial charge in [-0.25, -0.2) is 18.0 Å². The van der Waals surface area contributed by atoms with Crippen molar-refractivity contribution in [3.63, 3.8) is 0 Å². The molecule has 0 saturated carbocycles. The molecule has 0 spiro atoms. The predicted octanol–water partition coefficient (Wildman–Crippen LogP) is 2.50. The molecule has 166 valence electrons. The van der Waals surface area contributed by atoms with E-state index in [1.165, 1.54) is 24.3 Å². The summed E-state index contributed by atoms with van der Waals surface area (Å²) in [5.41, 5.74) is 1.81. The lowest BCUT2D eigenvalue weighted by Crippen LogP contribution is -2.44. The maximum atomic E-state index is 12.6. The molecule has 0 aromatic heterocycles. The fraction of sp³-hybridized carbons (Fsp3) is 0.286. The number of hydrogen-bond acceptors (Lipinski definition) is 6. The summed E-state index contributed by atoms with van der Waals surface area (Å²) in [5.74, 6) is -1.56. The number of sulfonamides is 1. The molecule has 2 aromatic rings. The number of anilines is 1. The number of hydrogen-bond donors (Lipinski definition) is 3. The number of imide groups is 1. The summed E-state index contributed by atoms with van der Waals surface area (Å²) in [6.45, 7) is 6.34. The zero-order chi connectivity index (χ0) is 23.2. The number of benzene rings is 2. The normalized spacial score (nSPS) is 11.0. The van der Waals surface area contributed by atoms with Crippen LogP contribution in [-0.2, 0) is 19.6 Å². The van der Waals surface area contributed by atoms with Crippen LogP contribution < -0.4 is 15.4 Å². The third-order valence-corrected chi connectivity index (χ3v) is 5.54. The van der Waals surface area contributed by atoms with Gasteiger partial charge in [-0.05, 0) is 69.2 Å². The number of nitrogens with one attached hydrogen (secondary N) is 3. The van der Waals surface area contributed by atoms with E-state index in [-0.39, 0.29) is 22.2 Å². The van der Waals surface area contributed by atoms with Crippen molar-refractivity contribution in [2.75, 3.05) is 11.3 Å². The molecule has 31 heavy (non-hydrogen) atoms. The van der Waals surface area contributed by atoms with Gasteiger partial charge in [0.1, 0.15) is 0 Å². The first-order chi connectivity index (χ1) is 14.5. The summed E-state index contributed by atoms with van der Waals surface area (Å²) in [6.07, 6.45) is 0. The number of rotatable bonds is 7. The summed E-state index contributed by atoms with van der Waals surface area (Å²) in [7, 11) is -3.80. The summed E-state index contributed by atoms with van der Waals surface area (Å²) in [4.78, 5) is 35.3. The van der Waals surface area contributed by atoms with Gasteiger partial charge in [0.05, 0.1) is 10.5 Å². The lowest BCUT2D eigenvalue weighted by Gasteiger charge is -2.12. The zero-order valence-electron chi connectivity index (χ0n) is 17.7. The van der Waals surface area contributed by atoms with E-state index in [9.17, 15) is 22.8 Å². The maximum Gasteiger partial charge on any atom is 0.338 e. The van der Waals surface area contributed by atoms with E-state index < -0.39 is 34.5 Å². The molecule has 2 aromatic carbocycles. The van der Waals surface area contributed by atoms with E-state index in [0.29, 0.717) is 5.56 Å². The first kappa shape index (κ1) is 23.9. The molecule has 3 N–H and O–H groups in total. The fourth-order valence-electron chi connectivity index (χ4n) is 2.56. The van der Waals surface area contributed by atoms with E-state index in [1.807, 2.05) is 11.4 Å². The lowest BCUT2D eigenvalue weighted by molar-refractivity contribution is -0.123. The second kappa shape index (κ2) is 10.1. The monoisotopic (exact) mass is 447 g/mol. The van der Waals surface area contributed by atoms with Gasteiger partial charge in [-0.2, -0.15) is 0 Å². The molecule has 0 bridgehead atoms. The highest BCUT2D eigenvalue weighted by atomic mass is 32.2. The Morgan fingerprint density at radius 3 is 2.26 bits per heavy atom. The van der Waals surface area contributed by atoms with E-state index >= 15 is 0 Å².